The summed E-state index contributed by atoms with van der Waals surface area (Å²) in [5.41, 5.74) is 4.05. The Balaban J connectivity index is 2.24. The standard InChI is InChI=1S/C19H16F2N2O2S/c1-11-6-12(2)8-14(7-11)18-15(4-3-5-23-18)13-9-16(20)19(17(21)10-13)26(22,24)25/h3-10H,1-2H3,(H2,22,24,25). The van der Waals surface area contributed by atoms with Gasteiger partial charge in [-0.05, 0) is 49.7 Å². The summed E-state index contributed by atoms with van der Waals surface area (Å²) in [6.07, 6.45) is 1.59. The average Bonchev–Trinajstić information content (AvgIpc) is 2.52. The van der Waals surface area contributed by atoms with Gasteiger partial charge in [-0.2, -0.15) is 0 Å². The minimum Gasteiger partial charge on any atom is -0.256 e. The molecular formula is C19H16F2N2O2S. The van der Waals surface area contributed by atoms with Crippen molar-refractivity contribution in [3.05, 3.63) is 71.4 Å². The van der Waals surface area contributed by atoms with Gasteiger partial charge in [0.1, 0.15) is 11.6 Å². The third-order valence-corrected chi connectivity index (χ3v) is 4.86. The molecule has 0 bridgehead atoms. The molecule has 26 heavy (non-hydrogen) atoms. The molecular weight excluding hydrogens is 358 g/mol. The van der Waals surface area contributed by atoms with Crippen molar-refractivity contribution in [3.63, 3.8) is 0 Å². The van der Waals surface area contributed by atoms with Crippen LogP contribution in [-0.2, 0) is 10.0 Å². The van der Waals surface area contributed by atoms with Gasteiger partial charge in [0.15, 0.2) is 4.90 Å². The highest BCUT2D eigenvalue weighted by Gasteiger charge is 2.22. The SMILES string of the molecule is Cc1cc(C)cc(-c2ncccc2-c2cc(F)c(S(N)(=O)=O)c(F)c2)c1. The van der Waals surface area contributed by atoms with Crippen molar-refractivity contribution in [3.8, 4) is 22.4 Å². The van der Waals surface area contributed by atoms with E-state index in [1.54, 1.807) is 18.3 Å². The molecule has 0 radical (unpaired) electrons. The van der Waals surface area contributed by atoms with Crippen LogP contribution in [0, 0.1) is 25.5 Å². The minimum atomic E-state index is -4.50. The Hall–Kier alpha value is -2.64. The lowest BCUT2D eigenvalue weighted by Crippen LogP contribution is -2.16. The van der Waals surface area contributed by atoms with Crippen molar-refractivity contribution in [2.45, 2.75) is 18.7 Å². The second kappa shape index (κ2) is 6.59. The number of primary sulfonamides is 1. The van der Waals surface area contributed by atoms with Crippen LogP contribution < -0.4 is 5.14 Å². The van der Waals surface area contributed by atoms with Crippen LogP contribution >= 0.6 is 0 Å². The van der Waals surface area contributed by atoms with Crippen LogP contribution in [0.5, 0.6) is 0 Å². The maximum Gasteiger partial charge on any atom is 0.243 e. The van der Waals surface area contributed by atoms with Gasteiger partial charge in [0, 0.05) is 17.3 Å². The van der Waals surface area contributed by atoms with Crippen LogP contribution in [0.3, 0.4) is 0 Å². The van der Waals surface area contributed by atoms with Crippen LogP contribution in [0.25, 0.3) is 22.4 Å². The van der Waals surface area contributed by atoms with Crippen molar-refractivity contribution in [2.75, 3.05) is 0 Å². The molecule has 4 nitrogen and oxygen atoms in total. The quantitative estimate of drug-likeness (QED) is 0.754. The highest BCUT2D eigenvalue weighted by Crippen LogP contribution is 2.33. The number of sulfonamides is 1. The molecule has 1 heterocycles. The number of nitrogens with two attached hydrogens (primary N) is 1. The molecule has 0 aliphatic heterocycles. The fourth-order valence-corrected chi connectivity index (χ4v) is 3.63. The molecule has 3 aromatic rings. The minimum absolute atomic E-state index is 0.176. The Labute approximate surface area is 150 Å². The second-order valence-corrected chi connectivity index (χ2v) is 7.59. The Kier molecular flexibility index (Phi) is 4.60. The predicted octanol–water partition coefficient (Wildman–Crippen LogP) is 3.96. The monoisotopic (exact) mass is 374 g/mol. The normalized spacial score (nSPS) is 11.6. The van der Waals surface area contributed by atoms with E-state index in [9.17, 15) is 17.2 Å². The molecule has 0 fully saturated rings. The van der Waals surface area contributed by atoms with Crippen molar-refractivity contribution in [1.29, 1.82) is 0 Å². The summed E-state index contributed by atoms with van der Waals surface area (Å²) in [7, 11) is -4.50. The smallest absolute Gasteiger partial charge is 0.243 e. The van der Waals surface area contributed by atoms with E-state index in [2.05, 4.69) is 4.98 Å². The van der Waals surface area contributed by atoms with Gasteiger partial charge in [0.25, 0.3) is 0 Å². The number of benzene rings is 2. The van der Waals surface area contributed by atoms with Crippen LogP contribution in [0.1, 0.15) is 11.1 Å². The van der Waals surface area contributed by atoms with Crippen molar-refractivity contribution >= 4 is 10.0 Å². The molecule has 0 unspecified atom stereocenters. The molecule has 7 heteroatoms. The van der Waals surface area contributed by atoms with Gasteiger partial charge in [-0.3, -0.25) is 4.98 Å². The van der Waals surface area contributed by atoms with E-state index in [-0.39, 0.29) is 5.56 Å². The van der Waals surface area contributed by atoms with E-state index in [1.807, 2.05) is 32.0 Å². The summed E-state index contributed by atoms with van der Waals surface area (Å²) in [4.78, 5) is 3.21. The van der Waals surface area contributed by atoms with Crippen LogP contribution in [0.2, 0.25) is 0 Å². The van der Waals surface area contributed by atoms with E-state index in [1.165, 1.54) is 0 Å². The highest BCUT2D eigenvalue weighted by atomic mass is 32.2. The Bertz CT molecular complexity index is 1070. The number of hydrogen-bond donors (Lipinski definition) is 1. The molecule has 0 amide bonds. The van der Waals surface area contributed by atoms with E-state index < -0.39 is 26.6 Å². The molecule has 1 aromatic heterocycles. The molecule has 0 aliphatic rings. The van der Waals surface area contributed by atoms with E-state index in [0.29, 0.717) is 11.3 Å². The van der Waals surface area contributed by atoms with E-state index in [4.69, 9.17) is 5.14 Å². The van der Waals surface area contributed by atoms with Crippen LogP contribution in [0.4, 0.5) is 8.78 Å². The first-order chi connectivity index (χ1) is 12.2. The average molecular weight is 374 g/mol. The first-order valence-corrected chi connectivity index (χ1v) is 9.27. The first kappa shape index (κ1) is 18.2. The zero-order valence-corrected chi connectivity index (χ0v) is 14.9. The highest BCUT2D eigenvalue weighted by molar-refractivity contribution is 7.89. The first-order valence-electron chi connectivity index (χ1n) is 7.73. The number of nitrogens with zero attached hydrogens (tertiary/aromatic N) is 1. The van der Waals surface area contributed by atoms with Gasteiger partial charge in [-0.25, -0.2) is 22.3 Å². The van der Waals surface area contributed by atoms with E-state index >= 15 is 0 Å². The van der Waals surface area contributed by atoms with Gasteiger partial charge < -0.3 is 0 Å². The third kappa shape index (κ3) is 3.49. The molecule has 134 valence electrons. The lowest BCUT2D eigenvalue weighted by Gasteiger charge is -2.12. The summed E-state index contributed by atoms with van der Waals surface area (Å²) in [5, 5.41) is 4.88. The van der Waals surface area contributed by atoms with Crippen LogP contribution in [0.15, 0.2) is 53.6 Å². The fourth-order valence-electron chi connectivity index (χ4n) is 2.97. The Morgan fingerprint density at radius 2 is 1.50 bits per heavy atom. The maximum atomic E-state index is 14.2. The fraction of sp³-hybridized carbons (Fsp3) is 0.105. The zero-order valence-electron chi connectivity index (χ0n) is 14.1. The summed E-state index contributed by atoms with van der Waals surface area (Å²) < 4.78 is 51.2. The number of aryl methyl sites for hydroxylation is 2. The summed E-state index contributed by atoms with van der Waals surface area (Å²) >= 11 is 0. The molecule has 2 N–H and O–H groups in total. The van der Waals surface area contributed by atoms with Crippen molar-refractivity contribution < 1.29 is 17.2 Å². The second-order valence-electron chi connectivity index (χ2n) is 6.09. The number of hydrogen-bond acceptors (Lipinski definition) is 3. The number of rotatable bonds is 3. The largest absolute Gasteiger partial charge is 0.256 e. The molecule has 0 saturated heterocycles. The van der Waals surface area contributed by atoms with Gasteiger partial charge in [-0.15, -0.1) is 0 Å². The topological polar surface area (TPSA) is 73.0 Å². The summed E-state index contributed by atoms with van der Waals surface area (Å²) in [5.74, 6) is -2.48. The number of aromatic nitrogens is 1. The predicted molar refractivity (Wildman–Crippen MR) is 95.9 cm³/mol. The van der Waals surface area contributed by atoms with Gasteiger partial charge in [0.05, 0.1) is 5.69 Å². The number of halogens is 2. The van der Waals surface area contributed by atoms with Crippen LogP contribution in [-0.4, -0.2) is 13.4 Å². The third-order valence-electron chi connectivity index (χ3n) is 3.90. The van der Waals surface area contributed by atoms with Crippen molar-refractivity contribution in [2.24, 2.45) is 5.14 Å². The zero-order chi connectivity index (χ0) is 19.1. The van der Waals surface area contributed by atoms with Crippen molar-refractivity contribution in [1.82, 2.24) is 4.98 Å². The summed E-state index contributed by atoms with van der Waals surface area (Å²) in [6, 6.07) is 11.1. The Morgan fingerprint density at radius 1 is 0.923 bits per heavy atom. The van der Waals surface area contributed by atoms with Gasteiger partial charge in [0.2, 0.25) is 10.0 Å². The molecule has 0 atom stereocenters. The molecule has 0 aliphatic carbocycles. The molecule has 2 aromatic carbocycles. The molecule has 3 rings (SSSR count). The lowest BCUT2D eigenvalue weighted by atomic mass is 9.97. The molecule has 0 spiro atoms. The molecule has 0 saturated carbocycles. The number of pyridine rings is 1. The lowest BCUT2D eigenvalue weighted by molar-refractivity contribution is 0.520. The summed E-state index contributed by atoms with van der Waals surface area (Å²) in [6.45, 7) is 3.89. The van der Waals surface area contributed by atoms with E-state index in [0.717, 1.165) is 28.8 Å². The Morgan fingerprint density at radius 3 is 2.04 bits per heavy atom. The van der Waals surface area contributed by atoms with Gasteiger partial charge >= 0.3 is 0 Å². The van der Waals surface area contributed by atoms with Gasteiger partial charge in [-0.1, -0.05) is 23.3 Å². The maximum absolute atomic E-state index is 14.2.